The Balaban J connectivity index is 0. The molecule has 4 N–H and O–H groups in total. The molecular weight excluding hydrogens is 219 g/mol. The molecule has 0 aromatic rings. The van der Waals surface area contributed by atoms with Gasteiger partial charge in [-0.1, -0.05) is 0 Å². The van der Waals surface area contributed by atoms with Gasteiger partial charge in [0.2, 0.25) is 0 Å². The first kappa shape index (κ1) is 16.9. The molecule has 0 spiro atoms. The van der Waals surface area contributed by atoms with Gasteiger partial charge >= 0.3 is 0 Å². The van der Waals surface area contributed by atoms with E-state index >= 15 is 0 Å². The van der Waals surface area contributed by atoms with E-state index in [1.165, 1.54) is 12.8 Å². The predicted octanol–water partition coefficient (Wildman–Crippen LogP) is 2.33. The molecule has 4 heteroatoms. The van der Waals surface area contributed by atoms with Gasteiger partial charge in [0.1, 0.15) is 0 Å². The predicted molar refractivity (Wildman–Crippen MR) is 67.2 cm³/mol. The van der Waals surface area contributed by atoms with Crippen LogP contribution in [0.3, 0.4) is 0 Å². The van der Waals surface area contributed by atoms with E-state index in [1.54, 1.807) is 0 Å². The van der Waals surface area contributed by atoms with Crippen molar-refractivity contribution in [1.29, 1.82) is 0 Å². The molecule has 0 bridgehead atoms. The van der Waals surface area contributed by atoms with Crippen molar-refractivity contribution in [3.8, 4) is 0 Å². The van der Waals surface area contributed by atoms with Crippen molar-refractivity contribution in [2.45, 2.75) is 51.6 Å². The number of hydrogen-bond donors (Lipinski definition) is 2. The average Bonchev–Trinajstić information content (AvgIpc) is 1.46. The van der Waals surface area contributed by atoms with Crippen LogP contribution in [0.25, 0.3) is 0 Å². The van der Waals surface area contributed by atoms with Crippen LogP contribution in [-0.2, 0) is 0 Å². The molecule has 1 rings (SSSR count). The Bertz CT molecular complexity index is 150. The minimum atomic E-state index is -0.0560. The molecule has 2 nitrogen and oxygen atoms in total. The van der Waals surface area contributed by atoms with Gasteiger partial charge in [-0.25, -0.2) is 0 Å². The van der Waals surface area contributed by atoms with Crippen molar-refractivity contribution in [2.24, 2.45) is 23.3 Å². The second-order valence-corrected chi connectivity index (χ2v) is 5.43. The molecule has 88 valence electrons. The van der Waals surface area contributed by atoms with Gasteiger partial charge in [0, 0.05) is 11.1 Å². The lowest BCUT2D eigenvalue weighted by Gasteiger charge is -2.50. The maximum atomic E-state index is 6.07. The topological polar surface area (TPSA) is 52.0 Å². The molecule has 1 fully saturated rings. The normalized spacial score (nSPS) is 27.0. The number of hydrogen-bond acceptors (Lipinski definition) is 2. The minimum absolute atomic E-state index is 0. The minimum Gasteiger partial charge on any atom is -0.325 e. The van der Waals surface area contributed by atoms with Crippen molar-refractivity contribution < 1.29 is 0 Å². The zero-order chi connectivity index (χ0) is 9.57. The Morgan fingerprint density at radius 3 is 1.07 bits per heavy atom. The average molecular weight is 243 g/mol. The fourth-order valence-corrected chi connectivity index (χ4v) is 2.28. The molecule has 1 aliphatic rings. The quantitative estimate of drug-likeness (QED) is 0.782. The van der Waals surface area contributed by atoms with Gasteiger partial charge < -0.3 is 11.5 Å². The van der Waals surface area contributed by atoms with Gasteiger partial charge in [0.25, 0.3) is 0 Å². The standard InChI is InChI=1S/C10H22N2.2ClH/c1-9(2,11)7-5-6-8(7)10(3,4)12;;/h7-8H,5-6,11-12H2,1-4H3;2*1H. The zero-order valence-corrected chi connectivity index (χ0v) is 11.2. The molecule has 0 radical (unpaired) electrons. The first-order valence-corrected chi connectivity index (χ1v) is 4.80. The van der Waals surface area contributed by atoms with E-state index in [4.69, 9.17) is 11.5 Å². The summed E-state index contributed by atoms with van der Waals surface area (Å²) in [6, 6.07) is 0. The fraction of sp³-hybridized carbons (Fsp3) is 1.00. The maximum absolute atomic E-state index is 6.07. The third kappa shape index (κ3) is 3.58. The van der Waals surface area contributed by atoms with E-state index < -0.39 is 0 Å². The fourth-order valence-electron chi connectivity index (χ4n) is 2.28. The summed E-state index contributed by atoms with van der Waals surface area (Å²) in [5, 5.41) is 0. The molecule has 2 unspecified atom stereocenters. The van der Waals surface area contributed by atoms with Gasteiger partial charge in [-0.15, -0.1) is 24.8 Å². The van der Waals surface area contributed by atoms with E-state index in [0.29, 0.717) is 11.8 Å². The van der Waals surface area contributed by atoms with E-state index in [2.05, 4.69) is 27.7 Å². The lowest BCUT2D eigenvalue weighted by Crippen LogP contribution is -2.58. The zero-order valence-electron chi connectivity index (χ0n) is 9.54. The van der Waals surface area contributed by atoms with Crippen LogP contribution >= 0.6 is 24.8 Å². The third-order valence-electron chi connectivity index (χ3n) is 3.19. The Hall–Kier alpha value is 0.500. The van der Waals surface area contributed by atoms with Gasteiger partial charge in [-0.3, -0.25) is 0 Å². The molecule has 2 atom stereocenters. The molecule has 0 saturated heterocycles. The number of halogens is 2. The molecule has 14 heavy (non-hydrogen) atoms. The number of rotatable bonds is 2. The highest BCUT2D eigenvalue weighted by Gasteiger charge is 2.45. The Labute approximate surface area is 100 Å². The van der Waals surface area contributed by atoms with Gasteiger partial charge in [-0.2, -0.15) is 0 Å². The Morgan fingerprint density at radius 1 is 0.786 bits per heavy atom. The van der Waals surface area contributed by atoms with Crippen LogP contribution in [-0.4, -0.2) is 11.1 Å². The molecule has 1 aliphatic carbocycles. The molecule has 0 heterocycles. The second kappa shape index (κ2) is 5.02. The Morgan fingerprint density at radius 2 is 1.00 bits per heavy atom. The SMILES string of the molecule is CC(C)(N)C1CCC1C(C)(C)N.Cl.Cl. The summed E-state index contributed by atoms with van der Waals surface area (Å²) < 4.78 is 0. The van der Waals surface area contributed by atoms with Crippen molar-refractivity contribution in [3.05, 3.63) is 0 Å². The summed E-state index contributed by atoms with van der Waals surface area (Å²) in [6.45, 7) is 8.43. The second-order valence-electron chi connectivity index (χ2n) is 5.43. The molecule has 1 saturated carbocycles. The molecule has 0 aromatic heterocycles. The van der Waals surface area contributed by atoms with Crippen LogP contribution in [0, 0.1) is 11.8 Å². The van der Waals surface area contributed by atoms with E-state index in [0.717, 1.165) is 0 Å². The Kier molecular flexibility index (Phi) is 6.06. The van der Waals surface area contributed by atoms with Crippen LogP contribution in [0.1, 0.15) is 40.5 Å². The van der Waals surface area contributed by atoms with Crippen LogP contribution in [0.15, 0.2) is 0 Å². The smallest absolute Gasteiger partial charge is 0.0129 e. The lowest BCUT2D eigenvalue weighted by atomic mass is 9.59. The first-order chi connectivity index (χ1) is 5.23. The summed E-state index contributed by atoms with van der Waals surface area (Å²) >= 11 is 0. The highest BCUT2D eigenvalue weighted by Crippen LogP contribution is 2.45. The summed E-state index contributed by atoms with van der Waals surface area (Å²) in [4.78, 5) is 0. The van der Waals surface area contributed by atoms with E-state index in [9.17, 15) is 0 Å². The lowest BCUT2D eigenvalue weighted by molar-refractivity contribution is 0.0458. The largest absolute Gasteiger partial charge is 0.325 e. The third-order valence-corrected chi connectivity index (χ3v) is 3.19. The number of nitrogens with two attached hydrogens (primary N) is 2. The highest BCUT2D eigenvalue weighted by molar-refractivity contribution is 5.85. The monoisotopic (exact) mass is 242 g/mol. The van der Waals surface area contributed by atoms with Crippen LogP contribution in [0.5, 0.6) is 0 Å². The van der Waals surface area contributed by atoms with Gasteiger partial charge in [0.15, 0.2) is 0 Å². The molecule has 0 aliphatic heterocycles. The summed E-state index contributed by atoms with van der Waals surface area (Å²) in [5.74, 6) is 1.22. The van der Waals surface area contributed by atoms with Crippen molar-refractivity contribution in [2.75, 3.05) is 0 Å². The van der Waals surface area contributed by atoms with Gasteiger partial charge in [-0.05, 0) is 52.4 Å². The maximum Gasteiger partial charge on any atom is 0.0129 e. The van der Waals surface area contributed by atoms with Crippen LogP contribution in [0.2, 0.25) is 0 Å². The first-order valence-electron chi connectivity index (χ1n) is 4.80. The molecule has 0 amide bonds. The summed E-state index contributed by atoms with van der Waals surface area (Å²) in [7, 11) is 0. The molecule has 0 aromatic carbocycles. The van der Waals surface area contributed by atoms with Crippen molar-refractivity contribution in [3.63, 3.8) is 0 Å². The molecular formula is C10H24Cl2N2. The van der Waals surface area contributed by atoms with Crippen LogP contribution < -0.4 is 11.5 Å². The summed E-state index contributed by atoms with van der Waals surface area (Å²) in [6.07, 6.45) is 2.49. The van der Waals surface area contributed by atoms with E-state index in [-0.39, 0.29) is 35.9 Å². The van der Waals surface area contributed by atoms with Gasteiger partial charge in [0.05, 0.1) is 0 Å². The summed E-state index contributed by atoms with van der Waals surface area (Å²) in [5.41, 5.74) is 12.0. The highest BCUT2D eigenvalue weighted by atomic mass is 35.5. The van der Waals surface area contributed by atoms with Crippen molar-refractivity contribution >= 4 is 24.8 Å². The van der Waals surface area contributed by atoms with E-state index in [1.807, 2.05) is 0 Å². The van der Waals surface area contributed by atoms with Crippen molar-refractivity contribution in [1.82, 2.24) is 0 Å². The van der Waals surface area contributed by atoms with Crippen LogP contribution in [0.4, 0.5) is 0 Å².